The average Bonchev–Trinajstić information content (AvgIpc) is 2.68. The second-order valence-corrected chi connectivity index (χ2v) is 3.73. The number of hydrogen-bond acceptors (Lipinski definition) is 1. The van der Waals surface area contributed by atoms with Crippen LogP contribution in [0.2, 0.25) is 0 Å². The van der Waals surface area contributed by atoms with Gasteiger partial charge < -0.3 is 4.42 Å². The van der Waals surface area contributed by atoms with Gasteiger partial charge >= 0.3 is 0 Å². The van der Waals surface area contributed by atoms with E-state index in [1.165, 1.54) is 17.5 Å². The quantitative estimate of drug-likeness (QED) is 0.661. The van der Waals surface area contributed by atoms with Gasteiger partial charge in [0, 0.05) is 5.56 Å². The molecule has 0 unspecified atom stereocenters. The summed E-state index contributed by atoms with van der Waals surface area (Å²) in [5, 5.41) is 0. The minimum atomic E-state index is 0.984. The molecule has 1 radical (unpaired) electrons. The Kier molecular flexibility index (Phi) is 3.23. The fourth-order valence-electron chi connectivity index (χ4n) is 1.85. The number of hydrogen-bond donors (Lipinski definition) is 0. The number of unbranched alkanes of at least 4 members (excludes halogenated alkanes) is 2. The van der Waals surface area contributed by atoms with Crippen molar-refractivity contribution in [2.24, 2.45) is 0 Å². The van der Waals surface area contributed by atoms with Crippen molar-refractivity contribution in [1.29, 1.82) is 0 Å². The third-order valence-electron chi connectivity index (χ3n) is 2.65. The monoisotopic (exact) mass is 199 g/mol. The molecule has 0 amide bonds. The first-order chi connectivity index (χ1) is 7.42. The number of allylic oxidation sites excluding steroid dienone is 1. The van der Waals surface area contributed by atoms with Gasteiger partial charge in [-0.3, -0.25) is 0 Å². The van der Waals surface area contributed by atoms with E-state index in [0.29, 0.717) is 0 Å². The van der Waals surface area contributed by atoms with E-state index in [0.717, 1.165) is 25.0 Å². The van der Waals surface area contributed by atoms with E-state index in [4.69, 9.17) is 11.0 Å². The van der Waals surface area contributed by atoms with E-state index >= 15 is 0 Å². The first-order valence-corrected chi connectivity index (χ1v) is 5.40. The van der Waals surface area contributed by atoms with Gasteiger partial charge in [0.1, 0.15) is 5.76 Å². The van der Waals surface area contributed by atoms with E-state index in [1.807, 2.05) is 12.1 Å². The molecule has 0 saturated heterocycles. The standard InChI is InChI=1S/C14H15O/c1-2-3-4-5-7-12-9-10-14-13(12)8-6-11-15-14/h1-2,6,8-11H,3-5,7H2. The highest BCUT2D eigenvalue weighted by Crippen LogP contribution is 2.28. The number of rotatable bonds is 5. The van der Waals surface area contributed by atoms with Crippen molar-refractivity contribution in [3.63, 3.8) is 0 Å². The van der Waals surface area contributed by atoms with Crippen molar-refractivity contribution in [2.75, 3.05) is 0 Å². The van der Waals surface area contributed by atoms with Crippen molar-refractivity contribution in [1.82, 2.24) is 0 Å². The van der Waals surface area contributed by atoms with E-state index in [2.05, 4.69) is 12.1 Å². The minimum absolute atomic E-state index is 0.984. The van der Waals surface area contributed by atoms with Gasteiger partial charge in [-0.05, 0) is 49.4 Å². The molecule has 2 rings (SSSR count). The smallest absolute Gasteiger partial charge is 0.134 e. The van der Waals surface area contributed by atoms with Gasteiger partial charge in [-0.2, -0.15) is 0 Å². The van der Waals surface area contributed by atoms with Crippen LogP contribution in [0.4, 0.5) is 0 Å². The van der Waals surface area contributed by atoms with Crippen LogP contribution in [0.5, 0.6) is 0 Å². The van der Waals surface area contributed by atoms with E-state index in [-0.39, 0.29) is 0 Å². The Morgan fingerprint density at radius 2 is 2.13 bits per heavy atom. The largest absolute Gasteiger partial charge is 0.464 e. The highest BCUT2D eigenvalue weighted by Gasteiger charge is 2.09. The Morgan fingerprint density at radius 1 is 1.20 bits per heavy atom. The van der Waals surface area contributed by atoms with Crippen LogP contribution in [0.25, 0.3) is 11.3 Å². The van der Waals surface area contributed by atoms with Crippen LogP contribution in [0.15, 0.2) is 41.0 Å². The molecular formula is C14H15O. The normalized spacial score (nSPS) is 10.7. The lowest BCUT2D eigenvalue weighted by Crippen LogP contribution is -1.85. The maximum atomic E-state index is 5.39. The summed E-state index contributed by atoms with van der Waals surface area (Å²) in [4.78, 5) is 0. The summed E-state index contributed by atoms with van der Waals surface area (Å²) in [5.41, 5.74) is 2.63. The fourth-order valence-corrected chi connectivity index (χ4v) is 1.85. The molecule has 1 aliphatic heterocycles. The van der Waals surface area contributed by atoms with Crippen LogP contribution < -0.4 is 0 Å². The zero-order valence-corrected chi connectivity index (χ0v) is 8.78. The molecule has 0 saturated carbocycles. The third-order valence-corrected chi connectivity index (χ3v) is 2.65. The van der Waals surface area contributed by atoms with Crippen LogP contribution in [-0.2, 0) is 6.42 Å². The molecule has 0 aromatic carbocycles. The highest BCUT2D eigenvalue weighted by molar-refractivity contribution is 5.65. The first kappa shape index (κ1) is 10.0. The Morgan fingerprint density at radius 3 is 3.00 bits per heavy atom. The Hall–Kier alpha value is -1.50. The molecule has 1 heterocycles. The molecule has 1 heteroatoms. The van der Waals surface area contributed by atoms with Crippen LogP contribution in [0.1, 0.15) is 24.8 Å². The summed E-state index contributed by atoms with van der Waals surface area (Å²) in [6.45, 7) is 5.34. The second-order valence-electron chi connectivity index (χ2n) is 3.73. The SMILES string of the molecule is [CH]=CCCCCc1ccc2occcc1-2. The zero-order valence-electron chi connectivity index (χ0n) is 8.78. The van der Waals surface area contributed by atoms with Gasteiger partial charge in [-0.1, -0.05) is 18.7 Å². The van der Waals surface area contributed by atoms with E-state index in [9.17, 15) is 0 Å². The predicted molar refractivity (Wildman–Crippen MR) is 61.8 cm³/mol. The van der Waals surface area contributed by atoms with Gasteiger partial charge in [0.05, 0.1) is 6.26 Å². The molecule has 77 valence electrons. The van der Waals surface area contributed by atoms with Gasteiger partial charge in [-0.25, -0.2) is 0 Å². The lowest BCUT2D eigenvalue weighted by Gasteiger charge is -2.02. The van der Waals surface area contributed by atoms with Gasteiger partial charge in [0.2, 0.25) is 0 Å². The molecular weight excluding hydrogens is 184 g/mol. The maximum absolute atomic E-state index is 5.39. The lowest BCUT2D eigenvalue weighted by molar-refractivity contribution is 0.566. The van der Waals surface area contributed by atoms with Crippen LogP contribution in [-0.4, -0.2) is 0 Å². The average molecular weight is 199 g/mol. The Bertz CT molecular complexity index is 400. The van der Waals surface area contributed by atoms with Crippen LogP contribution in [0, 0.1) is 6.58 Å². The molecule has 0 N–H and O–H groups in total. The van der Waals surface area contributed by atoms with Crippen molar-refractivity contribution >= 4 is 0 Å². The highest BCUT2D eigenvalue weighted by atomic mass is 16.3. The molecule has 1 aliphatic carbocycles. The van der Waals surface area contributed by atoms with Crippen LogP contribution >= 0.6 is 0 Å². The zero-order chi connectivity index (χ0) is 10.5. The molecule has 0 fully saturated rings. The molecule has 2 aliphatic rings. The molecule has 0 atom stereocenters. The fraction of sp³-hybridized carbons (Fsp3) is 0.286. The van der Waals surface area contributed by atoms with E-state index < -0.39 is 0 Å². The van der Waals surface area contributed by atoms with E-state index in [1.54, 1.807) is 12.3 Å². The maximum Gasteiger partial charge on any atom is 0.134 e. The van der Waals surface area contributed by atoms with Gasteiger partial charge in [-0.15, -0.1) is 0 Å². The van der Waals surface area contributed by atoms with Gasteiger partial charge in [0.25, 0.3) is 0 Å². The Labute approximate surface area is 90.8 Å². The molecule has 15 heavy (non-hydrogen) atoms. The van der Waals surface area contributed by atoms with Crippen molar-refractivity contribution in [2.45, 2.75) is 25.7 Å². The summed E-state index contributed by atoms with van der Waals surface area (Å²) in [7, 11) is 0. The summed E-state index contributed by atoms with van der Waals surface area (Å²) in [5.74, 6) is 0.984. The van der Waals surface area contributed by atoms with Crippen molar-refractivity contribution in [3.05, 3.63) is 48.7 Å². The molecule has 0 spiro atoms. The second kappa shape index (κ2) is 4.83. The summed E-state index contributed by atoms with van der Waals surface area (Å²) in [6.07, 6.45) is 7.91. The molecule has 0 bridgehead atoms. The predicted octanol–water partition coefficient (Wildman–Crippen LogP) is 4.09. The minimum Gasteiger partial charge on any atom is -0.464 e. The molecule has 0 aromatic rings. The Balaban J connectivity index is 2.00. The summed E-state index contributed by atoms with van der Waals surface area (Å²) < 4.78 is 5.39. The summed E-state index contributed by atoms with van der Waals surface area (Å²) >= 11 is 0. The molecule has 1 nitrogen and oxygen atoms in total. The summed E-state index contributed by atoms with van der Waals surface area (Å²) in [6, 6.07) is 8.25. The first-order valence-electron chi connectivity index (χ1n) is 5.40. The molecule has 0 aromatic heterocycles. The third kappa shape index (κ3) is 2.30. The lowest BCUT2D eigenvalue weighted by atomic mass is 10.1. The van der Waals surface area contributed by atoms with Crippen molar-refractivity contribution < 1.29 is 4.42 Å². The van der Waals surface area contributed by atoms with Gasteiger partial charge in [0.15, 0.2) is 0 Å². The number of aryl methyl sites for hydroxylation is 1. The topological polar surface area (TPSA) is 13.1 Å². The van der Waals surface area contributed by atoms with Crippen molar-refractivity contribution in [3.8, 4) is 11.3 Å². The number of fused-ring (bicyclic) bond motifs is 1. The van der Waals surface area contributed by atoms with Crippen LogP contribution in [0.3, 0.4) is 0 Å².